The Morgan fingerprint density at radius 1 is 0.892 bits per heavy atom. The van der Waals surface area contributed by atoms with Crippen LogP contribution in [-0.2, 0) is 11.0 Å². The average Bonchev–Trinajstić information content (AvgIpc) is 2.90. The minimum Gasteiger partial charge on any atom is -0.486 e. The van der Waals surface area contributed by atoms with Crippen molar-refractivity contribution >= 4 is 12.2 Å². The highest BCUT2D eigenvalue weighted by atomic mass is 19.4. The van der Waals surface area contributed by atoms with Gasteiger partial charge in [-0.25, -0.2) is 0 Å². The molecule has 0 aliphatic carbocycles. The number of carbonyl (C=O) groups is 2. The van der Waals surface area contributed by atoms with Gasteiger partial charge in [0.05, 0.1) is 5.56 Å². The molecule has 0 bridgehead atoms. The first kappa shape index (κ1) is 28.0. The van der Waals surface area contributed by atoms with E-state index in [9.17, 15) is 22.8 Å². The van der Waals surface area contributed by atoms with Crippen LogP contribution in [0.3, 0.4) is 0 Å². The van der Waals surface area contributed by atoms with Gasteiger partial charge in [0.15, 0.2) is 0 Å². The van der Waals surface area contributed by atoms with Crippen molar-refractivity contribution in [1.29, 1.82) is 0 Å². The Bertz CT molecular complexity index is 1120. The average molecular weight is 512 g/mol. The number of hydrogen-bond acceptors (Lipinski definition) is 3. The Labute approximate surface area is 215 Å². The van der Waals surface area contributed by atoms with Crippen LogP contribution >= 0.6 is 0 Å². The number of aldehydes is 1. The van der Waals surface area contributed by atoms with Crippen molar-refractivity contribution in [1.82, 2.24) is 5.32 Å². The summed E-state index contributed by atoms with van der Waals surface area (Å²) in [5, 5.41) is 2.71. The number of unbranched alkanes of at least 4 members (excludes halogenated alkanes) is 3. The quantitative estimate of drug-likeness (QED) is 0.188. The first-order valence-electron chi connectivity index (χ1n) is 12.6. The maximum atomic E-state index is 12.8. The number of nitrogens with one attached hydrogen (secondary N) is 1. The van der Waals surface area contributed by atoms with Gasteiger partial charge in [-0.05, 0) is 65.9 Å². The van der Waals surface area contributed by atoms with Crippen molar-refractivity contribution in [3.63, 3.8) is 0 Å². The van der Waals surface area contributed by atoms with Gasteiger partial charge >= 0.3 is 6.18 Å². The lowest BCUT2D eigenvalue weighted by Crippen LogP contribution is -2.24. The van der Waals surface area contributed by atoms with Gasteiger partial charge in [0.1, 0.15) is 18.1 Å². The van der Waals surface area contributed by atoms with Gasteiger partial charge in [-0.2, -0.15) is 13.2 Å². The lowest BCUT2D eigenvalue weighted by atomic mass is 10.0. The van der Waals surface area contributed by atoms with Gasteiger partial charge in [-0.3, -0.25) is 4.79 Å². The number of rotatable bonds is 13. The van der Waals surface area contributed by atoms with Crippen LogP contribution < -0.4 is 10.1 Å². The van der Waals surface area contributed by atoms with Crippen molar-refractivity contribution in [3.05, 3.63) is 89.5 Å². The molecule has 7 heteroatoms. The smallest absolute Gasteiger partial charge is 0.416 e. The Balaban J connectivity index is 1.71. The normalized spacial score (nSPS) is 12.1. The fraction of sp³-hybridized carbons (Fsp3) is 0.333. The molecule has 4 nitrogen and oxygen atoms in total. The molecule has 196 valence electrons. The van der Waals surface area contributed by atoms with Crippen LogP contribution in [0.5, 0.6) is 5.75 Å². The Morgan fingerprint density at radius 2 is 1.51 bits per heavy atom. The largest absolute Gasteiger partial charge is 0.486 e. The van der Waals surface area contributed by atoms with E-state index in [1.807, 2.05) is 36.4 Å². The molecule has 0 heterocycles. The summed E-state index contributed by atoms with van der Waals surface area (Å²) >= 11 is 0. The zero-order chi connectivity index (χ0) is 26.7. The summed E-state index contributed by atoms with van der Waals surface area (Å²) in [5.74, 6) is 0.430. The van der Waals surface area contributed by atoms with Crippen LogP contribution in [0.2, 0.25) is 0 Å². The number of benzene rings is 3. The maximum Gasteiger partial charge on any atom is 0.416 e. The SMILES string of the molecule is CCCCCCC(Oc1ccc(-c2ccc(C(F)(F)F)cc2)cc1)c1ccc(C(=O)NCCC=O)cc1. The summed E-state index contributed by atoms with van der Waals surface area (Å²) in [6.45, 7) is 2.46. The predicted molar refractivity (Wildman–Crippen MR) is 138 cm³/mol. The molecule has 0 aliphatic rings. The molecule has 3 aromatic carbocycles. The molecule has 1 atom stereocenters. The van der Waals surface area contributed by atoms with E-state index in [1.165, 1.54) is 12.1 Å². The Kier molecular flexibility index (Phi) is 10.3. The molecule has 1 amide bonds. The summed E-state index contributed by atoms with van der Waals surface area (Å²) < 4.78 is 44.9. The zero-order valence-corrected chi connectivity index (χ0v) is 20.9. The molecule has 0 radical (unpaired) electrons. The first-order chi connectivity index (χ1) is 17.8. The molecule has 0 saturated heterocycles. The van der Waals surface area contributed by atoms with Crippen LogP contribution in [0.15, 0.2) is 72.8 Å². The number of carbonyl (C=O) groups excluding carboxylic acids is 2. The molecule has 1 N–H and O–H groups in total. The van der Waals surface area contributed by atoms with E-state index in [-0.39, 0.29) is 18.4 Å². The van der Waals surface area contributed by atoms with Gasteiger partial charge in [-0.15, -0.1) is 0 Å². The lowest BCUT2D eigenvalue weighted by molar-refractivity contribution is -0.137. The molecule has 3 aromatic rings. The third-order valence-electron chi connectivity index (χ3n) is 6.09. The van der Waals surface area contributed by atoms with Gasteiger partial charge in [0, 0.05) is 18.5 Å². The third-order valence-corrected chi connectivity index (χ3v) is 6.09. The topological polar surface area (TPSA) is 55.4 Å². The lowest BCUT2D eigenvalue weighted by Gasteiger charge is -2.20. The molecule has 3 rings (SSSR count). The summed E-state index contributed by atoms with van der Waals surface area (Å²) in [5.41, 5.74) is 2.28. The number of hydrogen-bond donors (Lipinski definition) is 1. The standard InChI is InChI=1S/C30H32F3NO3/c1-2-3-4-5-7-28(24-8-10-25(11-9-24)29(36)34-20-6-21-35)37-27-18-14-23(15-19-27)22-12-16-26(17-13-22)30(31,32)33/h8-19,21,28H,2-7,20H2,1H3,(H,34,36). The number of amides is 1. The second-order valence-electron chi connectivity index (χ2n) is 8.89. The number of halogens is 3. The van der Waals surface area contributed by atoms with E-state index in [0.717, 1.165) is 61.6 Å². The highest BCUT2D eigenvalue weighted by Crippen LogP contribution is 2.32. The number of alkyl halides is 3. The van der Waals surface area contributed by atoms with Crippen LogP contribution in [0.25, 0.3) is 11.1 Å². The summed E-state index contributed by atoms with van der Waals surface area (Å²) in [7, 11) is 0. The minimum absolute atomic E-state index is 0.207. The molecule has 37 heavy (non-hydrogen) atoms. The Morgan fingerprint density at radius 3 is 2.08 bits per heavy atom. The summed E-state index contributed by atoms with van der Waals surface area (Å²) in [6, 6.07) is 19.7. The van der Waals surface area contributed by atoms with E-state index in [4.69, 9.17) is 4.74 Å². The van der Waals surface area contributed by atoms with E-state index in [1.54, 1.807) is 12.1 Å². The van der Waals surface area contributed by atoms with Crippen LogP contribution in [0.4, 0.5) is 13.2 Å². The molecule has 0 fully saturated rings. The third kappa shape index (κ3) is 8.48. The van der Waals surface area contributed by atoms with E-state index < -0.39 is 11.7 Å². The van der Waals surface area contributed by atoms with E-state index in [0.29, 0.717) is 23.4 Å². The van der Waals surface area contributed by atoms with Crippen LogP contribution in [-0.4, -0.2) is 18.7 Å². The molecular weight excluding hydrogens is 479 g/mol. The van der Waals surface area contributed by atoms with E-state index >= 15 is 0 Å². The number of ether oxygens (including phenoxy) is 1. The molecule has 0 saturated carbocycles. The minimum atomic E-state index is -4.36. The van der Waals surface area contributed by atoms with Crippen molar-refractivity contribution in [2.75, 3.05) is 6.54 Å². The predicted octanol–water partition coefficient (Wildman–Crippen LogP) is 7.78. The van der Waals surface area contributed by atoms with Gasteiger partial charge in [0.2, 0.25) is 0 Å². The Hall–Kier alpha value is -3.61. The molecule has 0 spiro atoms. The van der Waals surface area contributed by atoms with Crippen molar-refractivity contribution in [2.45, 2.75) is 57.7 Å². The van der Waals surface area contributed by atoms with Gasteiger partial charge in [0.25, 0.3) is 5.91 Å². The van der Waals surface area contributed by atoms with Gasteiger partial charge < -0.3 is 14.8 Å². The summed E-state index contributed by atoms with van der Waals surface area (Å²) in [6.07, 6.45) is 1.65. The van der Waals surface area contributed by atoms with Crippen LogP contribution in [0, 0.1) is 0 Å². The highest BCUT2D eigenvalue weighted by Gasteiger charge is 2.30. The second-order valence-corrected chi connectivity index (χ2v) is 8.89. The summed E-state index contributed by atoms with van der Waals surface area (Å²) in [4.78, 5) is 22.7. The van der Waals surface area contributed by atoms with Crippen LogP contribution in [0.1, 0.15) is 73.0 Å². The fourth-order valence-electron chi connectivity index (χ4n) is 3.99. The monoisotopic (exact) mass is 511 g/mol. The first-order valence-corrected chi connectivity index (χ1v) is 12.6. The van der Waals surface area contributed by atoms with Crippen molar-refractivity contribution in [2.24, 2.45) is 0 Å². The molecule has 0 aromatic heterocycles. The maximum absolute atomic E-state index is 12.8. The van der Waals surface area contributed by atoms with Crippen molar-refractivity contribution < 1.29 is 27.5 Å². The molecule has 0 aliphatic heterocycles. The molecular formula is C30H32F3NO3. The molecule has 1 unspecified atom stereocenters. The second kappa shape index (κ2) is 13.6. The van der Waals surface area contributed by atoms with Gasteiger partial charge in [-0.1, -0.05) is 62.6 Å². The van der Waals surface area contributed by atoms with E-state index in [2.05, 4.69) is 12.2 Å². The van der Waals surface area contributed by atoms with Crippen molar-refractivity contribution in [3.8, 4) is 16.9 Å². The zero-order valence-electron chi connectivity index (χ0n) is 20.9. The highest BCUT2D eigenvalue weighted by molar-refractivity contribution is 5.94. The fourth-order valence-corrected chi connectivity index (χ4v) is 3.99.